The van der Waals surface area contributed by atoms with Crippen molar-refractivity contribution in [3.05, 3.63) is 120 Å². The molecule has 1 aromatic heterocycles. The van der Waals surface area contributed by atoms with E-state index in [0.717, 1.165) is 11.5 Å². The molecule has 0 fully saturated rings. The second-order valence-electron chi connectivity index (χ2n) is 6.63. The molecule has 1 amide bonds. The molecule has 0 unspecified atom stereocenters. The van der Waals surface area contributed by atoms with Crippen molar-refractivity contribution in [3.8, 4) is 0 Å². The van der Waals surface area contributed by atoms with Gasteiger partial charge in [-0.1, -0.05) is 66.7 Å². The minimum Gasteiger partial charge on any atom is -0.322 e. The molecule has 4 heteroatoms. The number of amides is 1. The summed E-state index contributed by atoms with van der Waals surface area (Å²) in [7, 11) is 0. The van der Waals surface area contributed by atoms with Gasteiger partial charge in [0.25, 0.3) is 5.91 Å². The Morgan fingerprint density at radius 3 is 2.00 bits per heavy atom. The first-order valence-electron chi connectivity index (χ1n) is 9.48. The normalized spacial score (nSPS) is 10.3. The molecule has 0 aliphatic heterocycles. The first-order chi connectivity index (χ1) is 14.3. The van der Waals surface area contributed by atoms with Gasteiger partial charge < -0.3 is 10.2 Å². The number of carbonyl (C=O) groups is 1. The van der Waals surface area contributed by atoms with Crippen molar-refractivity contribution in [1.82, 2.24) is 4.98 Å². The van der Waals surface area contributed by atoms with E-state index >= 15 is 0 Å². The SMILES string of the molecule is O=C(Nc1ccc(N(Cc2ccccc2)c2ccccc2)nc1)c1ccccc1. The van der Waals surface area contributed by atoms with Crippen molar-refractivity contribution in [2.75, 3.05) is 10.2 Å². The Balaban J connectivity index is 1.56. The van der Waals surface area contributed by atoms with E-state index in [1.54, 1.807) is 18.3 Å². The number of benzene rings is 3. The third kappa shape index (κ3) is 4.68. The van der Waals surface area contributed by atoms with Gasteiger partial charge in [-0.3, -0.25) is 4.79 Å². The maximum absolute atomic E-state index is 12.3. The van der Waals surface area contributed by atoms with Crippen LogP contribution in [0.25, 0.3) is 0 Å². The van der Waals surface area contributed by atoms with E-state index in [4.69, 9.17) is 0 Å². The van der Waals surface area contributed by atoms with Gasteiger partial charge in [0.2, 0.25) is 0 Å². The zero-order valence-corrected chi connectivity index (χ0v) is 15.9. The molecule has 4 nitrogen and oxygen atoms in total. The van der Waals surface area contributed by atoms with Crippen LogP contribution >= 0.6 is 0 Å². The van der Waals surface area contributed by atoms with E-state index in [9.17, 15) is 4.79 Å². The van der Waals surface area contributed by atoms with Crippen LogP contribution in [0.3, 0.4) is 0 Å². The van der Waals surface area contributed by atoms with Gasteiger partial charge in [0, 0.05) is 17.8 Å². The highest BCUT2D eigenvalue weighted by Gasteiger charge is 2.12. The van der Waals surface area contributed by atoms with Crippen molar-refractivity contribution >= 4 is 23.1 Å². The number of pyridine rings is 1. The van der Waals surface area contributed by atoms with Crippen molar-refractivity contribution in [1.29, 1.82) is 0 Å². The Kier molecular flexibility index (Phi) is 5.63. The zero-order chi connectivity index (χ0) is 19.9. The fourth-order valence-electron chi connectivity index (χ4n) is 3.09. The van der Waals surface area contributed by atoms with Crippen molar-refractivity contribution in [3.63, 3.8) is 0 Å². The second-order valence-corrected chi connectivity index (χ2v) is 6.63. The predicted octanol–water partition coefficient (Wildman–Crippen LogP) is 5.67. The molecular formula is C25H21N3O. The van der Waals surface area contributed by atoms with Crippen LogP contribution in [0.2, 0.25) is 0 Å². The van der Waals surface area contributed by atoms with Gasteiger partial charge in [0.05, 0.1) is 11.9 Å². The number of anilines is 3. The molecule has 3 aromatic carbocycles. The van der Waals surface area contributed by atoms with Crippen LogP contribution in [-0.2, 0) is 6.54 Å². The van der Waals surface area contributed by atoms with Gasteiger partial charge in [0.1, 0.15) is 5.82 Å². The number of hydrogen-bond acceptors (Lipinski definition) is 3. The highest BCUT2D eigenvalue weighted by Crippen LogP contribution is 2.26. The lowest BCUT2D eigenvalue weighted by molar-refractivity contribution is 0.102. The van der Waals surface area contributed by atoms with Crippen LogP contribution in [0.4, 0.5) is 17.2 Å². The summed E-state index contributed by atoms with van der Waals surface area (Å²) in [5.41, 5.74) is 3.53. The fraction of sp³-hybridized carbons (Fsp3) is 0.0400. The molecule has 1 N–H and O–H groups in total. The first kappa shape index (κ1) is 18.4. The van der Waals surface area contributed by atoms with Gasteiger partial charge in [-0.05, 0) is 42.0 Å². The highest BCUT2D eigenvalue weighted by molar-refractivity contribution is 6.04. The quantitative estimate of drug-likeness (QED) is 0.469. The van der Waals surface area contributed by atoms with E-state index in [-0.39, 0.29) is 5.91 Å². The maximum atomic E-state index is 12.3. The van der Waals surface area contributed by atoms with Crippen molar-refractivity contribution in [2.24, 2.45) is 0 Å². The molecule has 142 valence electrons. The average molecular weight is 379 g/mol. The Morgan fingerprint density at radius 1 is 0.759 bits per heavy atom. The molecule has 0 spiro atoms. The Bertz CT molecular complexity index is 1050. The predicted molar refractivity (Wildman–Crippen MR) is 117 cm³/mol. The first-order valence-corrected chi connectivity index (χ1v) is 9.48. The van der Waals surface area contributed by atoms with E-state index in [0.29, 0.717) is 17.8 Å². The van der Waals surface area contributed by atoms with Crippen LogP contribution in [0.1, 0.15) is 15.9 Å². The van der Waals surface area contributed by atoms with E-state index < -0.39 is 0 Å². The molecule has 0 aliphatic rings. The summed E-state index contributed by atoms with van der Waals surface area (Å²) in [4.78, 5) is 19.1. The molecule has 0 radical (unpaired) electrons. The van der Waals surface area contributed by atoms with Crippen LogP contribution in [0.15, 0.2) is 109 Å². The number of rotatable bonds is 6. The lowest BCUT2D eigenvalue weighted by Crippen LogP contribution is -2.18. The Hall–Kier alpha value is -3.92. The van der Waals surface area contributed by atoms with Gasteiger partial charge in [-0.25, -0.2) is 4.98 Å². The number of aromatic nitrogens is 1. The number of para-hydroxylation sites is 1. The minimum atomic E-state index is -0.149. The largest absolute Gasteiger partial charge is 0.322 e. The second kappa shape index (κ2) is 8.85. The monoisotopic (exact) mass is 379 g/mol. The van der Waals surface area contributed by atoms with Gasteiger partial charge in [-0.15, -0.1) is 0 Å². The fourth-order valence-corrected chi connectivity index (χ4v) is 3.09. The zero-order valence-electron chi connectivity index (χ0n) is 15.9. The Labute approximate surface area is 170 Å². The number of hydrogen-bond donors (Lipinski definition) is 1. The number of nitrogens with zero attached hydrogens (tertiary/aromatic N) is 2. The van der Waals surface area contributed by atoms with E-state index in [1.165, 1.54) is 5.56 Å². The van der Waals surface area contributed by atoms with E-state index in [2.05, 4.69) is 39.5 Å². The summed E-state index contributed by atoms with van der Waals surface area (Å²) in [5, 5.41) is 2.89. The van der Waals surface area contributed by atoms with Crippen LogP contribution in [-0.4, -0.2) is 10.9 Å². The summed E-state index contributed by atoms with van der Waals surface area (Å²) in [6.45, 7) is 0.702. The van der Waals surface area contributed by atoms with Crippen LogP contribution < -0.4 is 10.2 Å². The summed E-state index contributed by atoms with van der Waals surface area (Å²) >= 11 is 0. The van der Waals surface area contributed by atoms with Gasteiger partial charge in [0.15, 0.2) is 0 Å². The minimum absolute atomic E-state index is 0.149. The summed E-state index contributed by atoms with van der Waals surface area (Å²) in [6, 6.07) is 33.4. The molecule has 4 rings (SSSR count). The summed E-state index contributed by atoms with van der Waals surface area (Å²) in [5.74, 6) is 0.669. The molecule has 1 heterocycles. The summed E-state index contributed by atoms with van der Waals surface area (Å²) < 4.78 is 0. The number of carbonyl (C=O) groups excluding carboxylic acids is 1. The Morgan fingerprint density at radius 2 is 1.38 bits per heavy atom. The molecule has 29 heavy (non-hydrogen) atoms. The average Bonchev–Trinajstić information content (AvgIpc) is 2.80. The van der Waals surface area contributed by atoms with Crippen molar-refractivity contribution in [2.45, 2.75) is 6.54 Å². The highest BCUT2D eigenvalue weighted by atomic mass is 16.1. The lowest BCUT2D eigenvalue weighted by atomic mass is 10.2. The molecular weight excluding hydrogens is 358 g/mol. The molecule has 0 bridgehead atoms. The van der Waals surface area contributed by atoms with Crippen LogP contribution in [0.5, 0.6) is 0 Å². The standard InChI is InChI=1S/C25H21N3O/c29-25(21-12-6-2-7-13-21)27-22-16-17-24(26-18-22)28(23-14-8-3-9-15-23)19-20-10-4-1-5-11-20/h1-18H,19H2,(H,27,29). The molecule has 0 atom stereocenters. The van der Waals surface area contributed by atoms with Gasteiger partial charge in [-0.2, -0.15) is 0 Å². The van der Waals surface area contributed by atoms with Crippen molar-refractivity contribution < 1.29 is 4.79 Å². The lowest BCUT2D eigenvalue weighted by Gasteiger charge is -2.24. The van der Waals surface area contributed by atoms with Gasteiger partial charge >= 0.3 is 0 Å². The molecule has 0 saturated heterocycles. The smallest absolute Gasteiger partial charge is 0.255 e. The third-order valence-electron chi connectivity index (χ3n) is 4.57. The molecule has 0 aliphatic carbocycles. The topological polar surface area (TPSA) is 45.2 Å². The molecule has 4 aromatic rings. The molecule has 0 saturated carbocycles. The van der Waals surface area contributed by atoms with Crippen LogP contribution in [0, 0.1) is 0 Å². The third-order valence-corrected chi connectivity index (χ3v) is 4.57. The van der Waals surface area contributed by atoms with E-state index in [1.807, 2.05) is 66.7 Å². The summed E-state index contributed by atoms with van der Waals surface area (Å²) in [6.07, 6.45) is 1.69. The maximum Gasteiger partial charge on any atom is 0.255 e. The number of nitrogens with one attached hydrogen (secondary N) is 1.